The molecule has 1 aromatic rings. The van der Waals surface area contributed by atoms with Crippen LogP contribution < -0.4 is 0 Å². The van der Waals surface area contributed by atoms with Crippen LogP contribution in [-0.2, 0) is 16.3 Å². The first kappa shape index (κ1) is 11.1. The van der Waals surface area contributed by atoms with Gasteiger partial charge in [0.05, 0.1) is 5.82 Å². The second-order valence-electron chi connectivity index (χ2n) is 2.08. The topological polar surface area (TPSA) is 0 Å². The zero-order valence-corrected chi connectivity index (χ0v) is 11.0. The van der Waals surface area contributed by atoms with Gasteiger partial charge in [0.15, 0.2) is 0 Å². The molecule has 0 aliphatic rings. The van der Waals surface area contributed by atoms with Gasteiger partial charge in [-0.05, 0) is 12.5 Å². The van der Waals surface area contributed by atoms with Crippen molar-refractivity contribution in [2.45, 2.75) is 6.92 Å². The van der Waals surface area contributed by atoms with E-state index in [1.807, 2.05) is 0 Å². The monoisotopic (exact) mass is 266 g/mol. The molecule has 11 heavy (non-hydrogen) atoms. The third kappa shape index (κ3) is 3.88. The van der Waals surface area contributed by atoms with Crippen LogP contribution in [0.5, 0.6) is 0 Å². The van der Waals surface area contributed by atoms with E-state index < -0.39 is 0 Å². The summed E-state index contributed by atoms with van der Waals surface area (Å²) >= 11 is 4.25. The minimum absolute atomic E-state index is 0.178. The SMILES string of the molecule is [CH2-]c1ccc(C)c(F)c1.[Zn+][Br]. The summed E-state index contributed by atoms with van der Waals surface area (Å²) in [5.41, 5.74) is 1.39. The number of benzene rings is 1. The van der Waals surface area contributed by atoms with Crippen molar-refractivity contribution in [2.24, 2.45) is 0 Å². The molecular weight excluding hydrogens is 260 g/mol. The second kappa shape index (κ2) is 5.73. The van der Waals surface area contributed by atoms with Gasteiger partial charge in [0.25, 0.3) is 0 Å². The Morgan fingerprint density at radius 2 is 2.00 bits per heavy atom. The van der Waals surface area contributed by atoms with Crippen LogP contribution in [0.3, 0.4) is 0 Å². The Hall–Kier alpha value is 0.123. The van der Waals surface area contributed by atoms with E-state index in [9.17, 15) is 4.39 Å². The Labute approximate surface area is 83.2 Å². The van der Waals surface area contributed by atoms with Crippen molar-refractivity contribution in [1.82, 2.24) is 0 Å². The minimum atomic E-state index is -0.178. The second-order valence-corrected chi connectivity index (χ2v) is 2.08. The Balaban J connectivity index is 0.000000461. The van der Waals surface area contributed by atoms with Gasteiger partial charge in [0.2, 0.25) is 0 Å². The molecular formula is C8H8BrFZn. The summed E-state index contributed by atoms with van der Waals surface area (Å²) in [6, 6.07) is 4.94. The standard InChI is InChI=1S/C8H8F.BrH.Zn/c1-6-3-4-7(2)8(9)5-6;;/h3-5H,1H2,2H3;1H;/q-1;;+2/p-1. The van der Waals surface area contributed by atoms with Crippen molar-refractivity contribution in [2.75, 3.05) is 0 Å². The molecule has 0 saturated heterocycles. The molecule has 1 rings (SSSR count). The number of aryl methyl sites for hydroxylation is 1. The van der Waals surface area contributed by atoms with Crippen molar-refractivity contribution >= 4 is 13.6 Å². The zero-order valence-electron chi connectivity index (χ0n) is 6.40. The Morgan fingerprint density at radius 3 is 2.36 bits per heavy atom. The molecule has 0 saturated carbocycles. The van der Waals surface area contributed by atoms with Crippen LogP contribution in [-0.4, -0.2) is 0 Å². The van der Waals surface area contributed by atoms with Crippen molar-refractivity contribution in [3.8, 4) is 0 Å². The summed E-state index contributed by atoms with van der Waals surface area (Å²) in [5, 5.41) is 0. The average molecular weight is 268 g/mol. The predicted molar refractivity (Wildman–Crippen MR) is 44.5 cm³/mol. The molecule has 0 aromatic heterocycles. The molecule has 0 aliphatic heterocycles. The van der Waals surface area contributed by atoms with Crippen molar-refractivity contribution in [3.05, 3.63) is 42.1 Å². The van der Waals surface area contributed by atoms with E-state index in [0.29, 0.717) is 5.56 Å². The van der Waals surface area contributed by atoms with Gasteiger partial charge in [0.1, 0.15) is 0 Å². The molecule has 0 bridgehead atoms. The average Bonchev–Trinajstić information content (AvgIpc) is 2.02. The molecule has 0 aliphatic carbocycles. The van der Waals surface area contributed by atoms with E-state index in [1.54, 1.807) is 19.1 Å². The first-order chi connectivity index (χ1) is 5.20. The van der Waals surface area contributed by atoms with Crippen molar-refractivity contribution in [1.29, 1.82) is 0 Å². The van der Waals surface area contributed by atoms with E-state index in [4.69, 9.17) is 0 Å². The van der Waals surface area contributed by atoms with E-state index in [2.05, 4.69) is 20.5 Å². The summed E-state index contributed by atoms with van der Waals surface area (Å²) in [4.78, 5) is 0. The molecule has 56 valence electrons. The maximum absolute atomic E-state index is 12.5. The Morgan fingerprint density at radius 1 is 1.45 bits per heavy atom. The molecule has 0 radical (unpaired) electrons. The van der Waals surface area contributed by atoms with Gasteiger partial charge in [-0.2, -0.15) is 18.6 Å². The van der Waals surface area contributed by atoms with Gasteiger partial charge in [0, 0.05) is 0 Å². The van der Waals surface area contributed by atoms with Crippen LogP contribution in [0, 0.1) is 19.7 Å². The van der Waals surface area contributed by atoms with E-state index >= 15 is 0 Å². The van der Waals surface area contributed by atoms with E-state index in [-0.39, 0.29) is 5.82 Å². The van der Waals surface area contributed by atoms with E-state index in [1.165, 1.54) is 22.4 Å². The van der Waals surface area contributed by atoms with Crippen LogP contribution in [0.2, 0.25) is 0 Å². The van der Waals surface area contributed by atoms with Crippen LogP contribution in [0.15, 0.2) is 18.2 Å². The van der Waals surface area contributed by atoms with Gasteiger partial charge in [-0.25, -0.2) is 4.39 Å². The van der Waals surface area contributed by atoms with Crippen LogP contribution in [0.25, 0.3) is 0 Å². The molecule has 1 aromatic carbocycles. The Bertz CT molecular complexity index is 225. The molecule has 0 heterocycles. The fourth-order valence-corrected chi connectivity index (χ4v) is 0.636. The summed E-state index contributed by atoms with van der Waals surface area (Å²) in [5.74, 6) is -0.178. The normalized spacial score (nSPS) is 8.45. The van der Waals surface area contributed by atoms with Crippen LogP contribution >= 0.6 is 13.6 Å². The fourth-order valence-electron chi connectivity index (χ4n) is 0.636. The van der Waals surface area contributed by atoms with Crippen LogP contribution in [0.1, 0.15) is 11.1 Å². The third-order valence-corrected chi connectivity index (χ3v) is 1.24. The molecule has 0 nitrogen and oxygen atoms in total. The first-order valence-electron chi connectivity index (χ1n) is 3.05. The number of hydrogen-bond donors (Lipinski definition) is 0. The van der Waals surface area contributed by atoms with Crippen LogP contribution in [0.4, 0.5) is 4.39 Å². The molecule has 0 N–H and O–H groups in total. The first-order valence-corrected chi connectivity index (χ1v) is 10.00. The van der Waals surface area contributed by atoms with Gasteiger partial charge in [-0.3, -0.25) is 0 Å². The van der Waals surface area contributed by atoms with E-state index in [0.717, 1.165) is 5.56 Å². The summed E-state index contributed by atoms with van der Waals surface area (Å²) in [7, 11) is 0. The Kier molecular flexibility index (Phi) is 5.80. The van der Waals surface area contributed by atoms with Gasteiger partial charge >= 0.3 is 30.0 Å². The quantitative estimate of drug-likeness (QED) is 0.501. The molecule has 0 spiro atoms. The molecule has 0 atom stereocenters. The number of rotatable bonds is 0. The zero-order chi connectivity index (χ0) is 8.85. The molecule has 3 heteroatoms. The fraction of sp³-hybridized carbons (Fsp3) is 0.125. The molecule has 0 amide bonds. The maximum atomic E-state index is 12.5. The summed E-state index contributed by atoms with van der Waals surface area (Å²) in [6.45, 7) is 5.31. The van der Waals surface area contributed by atoms with Gasteiger partial charge in [-0.15, -0.1) is 12.1 Å². The van der Waals surface area contributed by atoms with Crippen molar-refractivity contribution < 1.29 is 20.7 Å². The molecule has 0 unspecified atom stereocenters. The van der Waals surface area contributed by atoms with Gasteiger partial charge in [-0.1, -0.05) is 0 Å². The predicted octanol–water partition coefficient (Wildman–Crippen LogP) is 3.16. The van der Waals surface area contributed by atoms with Crippen molar-refractivity contribution in [3.63, 3.8) is 0 Å². The molecule has 0 fully saturated rings. The summed E-state index contributed by atoms with van der Waals surface area (Å²) in [6.07, 6.45) is 0. The number of halogens is 2. The van der Waals surface area contributed by atoms with Gasteiger partial charge < -0.3 is 0 Å². The third-order valence-electron chi connectivity index (χ3n) is 1.24. The number of hydrogen-bond acceptors (Lipinski definition) is 0. The summed E-state index contributed by atoms with van der Waals surface area (Å²) < 4.78 is 12.5.